The summed E-state index contributed by atoms with van der Waals surface area (Å²) in [5.74, 6) is 1.85. The Kier molecular flexibility index (Phi) is 6.18. The SMILES string of the molecule is CC(C)c1ccc(-c2noc([C@H]3CCCN(C(=O)c4ccc(C(C)(C)C)cc4)C3)n2)cc1. The monoisotopic (exact) mass is 431 g/mol. The van der Waals surface area contributed by atoms with Gasteiger partial charge in [-0.2, -0.15) is 4.98 Å². The highest BCUT2D eigenvalue weighted by atomic mass is 16.5. The highest BCUT2D eigenvalue weighted by Crippen LogP contribution is 2.29. The Bertz CT molecular complexity index is 1060. The van der Waals surface area contributed by atoms with Gasteiger partial charge in [0.1, 0.15) is 0 Å². The van der Waals surface area contributed by atoms with Gasteiger partial charge in [0.05, 0.1) is 5.92 Å². The highest BCUT2D eigenvalue weighted by molar-refractivity contribution is 5.94. The molecule has 1 amide bonds. The van der Waals surface area contributed by atoms with Gasteiger partial charge in [-0.1, -0.05) is 76.2 Å². The van der Waals surface area contributed by atoms with Gasteiger partial charge in [-0.05, 0) is 47.4 Å². The van der Waals surface area contributed by atoms with E-state index in [9.17, 15) is 4.79 Å². The summed E-state index contributed by atoms with van der Waals surface area (Å²) in [6.07, 6.45) is 1.87. The van der Waals surface area contributed by atoms with E-state index in [4.69, 9.17) is 4.52 Å². The zero-order chi connectivity index (χ0) is 22.9. The van der Waals surface area contributed by atoms with Gasteiger partial charge in [0.25, 0.3) is 5.91 Å². The summed E-state index contributed by atoms with van der Waals surface area (Å²) in [5.41, 5.74) is 4.27. The number of rotatable bonds is 4. The molecule has 168 valence electrons. The first-order valence-corrected chi connectivity index (χ1v) is 11.6. The molecule has 4 rings (SSSR count). The Morgan fingerprint density at radius 1 is 1.06 bits per heavy atom. The van der Waals surface area contributed by atoms with Crippen molar-refractivity contribution in [1.29, 1.82) is 0 Å². The van der Waals surface area contributed by atoms with Crippen LogP contribution in [-0.2, 0) is 5.41 Å². The van der Waals surface area contributed by atoms with Gasteiger partial charge < -0.3 is 9.42 Å². The average molecular weight is 432 g/mol. The maximum absolute atomic E-state index is 13.1. The molecule has 0 radical (unpaired) electrons. The Morgan fingerprint density at radius 2 is 1.75 bits per heavy atom. The van der Waals surface area contributed by atoms with Gasteiger partial charge in [0.15, 0.2) is 0 Å². The van der Waals surface area contributed by atoms with Crippen molar-refractivity contribution in [2.45, 2.75) is 64.7 Å². The third-order valence-electron chi connectivity index (χ3n) is 6.33. The summed E-state index contributed by atoms with van der Waals surface area (Å²) in [7, 11) is 0. The molecule has 1 aliphatic rings. The zero-order valence-corrected chi connectivity index (χ0v) is 19.8. The number of piperidine rings is 1. The molecule has 3 aromatic rings. The fourth-order valence-corrected chi connectivity index (χ4v) is 4.19. The number of nitrogens with zero attached hydrogens (tertiary/aromatic N) is 3. The van der Waals surface area contributed by atoms with Crippen LogP contribution in [0.4, 0.5) is 0 Å². The topological polar surface area (TPSA) is 59.2 Å². The number of hydrogen-bond acceptors (Lipinski definition) is 4. The number of carbonyl (C=O) groups is 1. The number of aromatic nitrogens is 2. The molecule has 1 saturated heterocycles. The normalized spacial score (nSPS) is 17.1. The van der Waals surface area contributed by atoms with Crippen LogP contribution in [-0.4, -0.2) is 34.0 Å². The Morgan fingerprint density at radius 3 is 2.38 bits per heavy atom. The van der Waals surface area contributed by atoms with Crippen LogP contribution in [0.15, 0.2) is 53.1 Å². The average Bonchev–Trinajstić information content (AvgIpc) is 3.29. The number of benzene rings is 2. The van der Waals surface area contributed by atoms with Crippen LogP contribution in [0.1, 0.15) is 86.7 Å². The van der Waals surface area contributed by atoms with E-state index in [-0.39, 0.29) is 17.2 Å². The Labute approximate surface area is 190 Å². The fourth-order valence-electron chi connectivity index (χ4n) is 4.19. The highest BCUT2D eigenvalue weighted by Gasteiger charge is 2.29. The van der Waals surface area contributed by atoms with Crippen LogP contribution >= 0.6 is 0 Å². The molecule has 5 heteroatoms. The second-order valence-corrected chi connectivity index (χ2v) is 10.2. The largest absolute Gasteiger partial charge is 0.339 e. The van der Waals surface area contributed by atoms with E-state index in [0.29, 0.717) is 24.2 Å². The lowest BCUT2D eigenvalue weighted by molar-refractivity contribution is 0.0695. The lowest BCUT2D eigenvalue weighted by atomic mass is 9.86. The molecule has 0 unspecified atom stereocenters. The van der Waals surface area contributed by atoms with Crippen molar-refractivity contribution in [2.75, 3.05) is 13.1 Å². The van der Waals surface area contributed by atoms with Gasteiger partial charge in [-0.3, -0.25) is 4.79 Å². The summed E-state index contributed by atoms with van der Waals surface area (Å²) >= 11 is 0. The first-order chi connectivity index (χ1) is 15.2. The van der Waals surface area contributed by atoms with E-state index in [1.165, 1.54) is 11.1 Å². The second kappa shape index (κ2) is 8.89. The van der Waals surface area contributed by atoms with E-state index in [0.717, 1.165) is 30.5 Å². The molecule has 1 atom stereocenters. The van der Waals surface area contributed by atoms with Crippen LogP contribution in [0.3, 0.4) is 0 Å². The van der Waals surface area contributed by atoms with Crippen molar-refractivity contribution in [2.24, 2.45) is 0 Å². The van der Waals surface area contributed by atoms with Gasteiger partial charge >= 0.3 is 0 Å². The smallest absolute Gasteiger partial charge is 0.253 e. The molecule has 0 aliphatic carbocycles. The van der Waals surface area contributed by atoms with E-state index < -0.39 is 0 Å². The molecule has 1 fully saturated rings. The third kappa shape index (κ3) is 4.77. The summed E-state index contributed by atoms with van der Waals surface area (Å²) in [5, 5.41) is 4.21. The number of likely N-dealkylation sites (tertiary alicyclic amines) is 1. The molecular weight excluding hydrogens is 398 g/mol. The minimum absolute atomic E-state index is 0.0673. The number of hydrogen-bond donors (Lipinski definition) is 0. The first kappa shape index (κ1) is 22.3. The molecule has 2 heterocycles. The van der Waals surface area contributed by atoms with Crippen molar-refractivity contribution in [3.05, 3.63) is 71.1 Å². The van der Waals surface area contributed by atoms with Crippen molar-refractivity contribution in [3.8, 4) is 11.4 Å². The molecule has 32 heavy (non-hydrogen) atoms. The minimum Gasteiger partial charge on any atom is -0.339 e. The molecule has 0 N–H and O–H groups in total. The molecule has 5 nitrogen and oxygen atoms in total. The van der Waals surface area contributed by atoms with E-state index in [1.54, 1.807) is 0 Å². The summed E-state index contributed by atoms with van der Waals surface area (Å²) in [6.45, 7) is 12.2. The predicted octanol–water partition coefficient (Wildman–Crippen LogP) is 6.18. The molecule has 0 bridgehead atoms. The van der Waals surface area contributed by atoms with Crippen LogP contribution in [0.25, 0.3) is 11.4 Å². The maximum Gasteiger partial charge on any atom is 0.253 e. The number of amides is 1. The number of carbonyl (C=O) groups excluding carboxylic acids is 1. The lowest BCUT2D eigenvalue weighted by Gasteiger charge is -2.31. The van der Waals surface area contributed by atoms with E-state index in [2.05, 4.69) is 69.0 Å². The lowest BCUT2D eigenvalue weighted by Crippen LogP contribution is -2.39. The summed E-state index contributed by atoms with van der Waals surface area (Å²) in [6, 6.07) is 16.3. The quantitative estimate of drug-likeness (QED) is 0.495. The summed E-state index contributed by atoms with van der Waals surface area (Å²) in [4.78, 5) is 19.7. The van der Waals surface area contributed by atoms with E-state index >= 15 is 0 Å². The Hall–Kier alpha value is -2.95. The molecule has 0 spiro atoms. The van der Waals surface area contributed by atoms with Gasteiger partial charge in [0.2, 0.25) is 11.7 Å². The van der Waals surface area contributed by atoms with Gasteiger partial charge in [0, 0.05) is 24.2 Å². The van der Waals surface area contributed by atoms with Gasteiger partial charge in [-0.25, -0.2) is 0 Å². The summed E-state index contributed by atoms with van der Waals surface area (Å²) < 4.78 is 5.62. The van der Waals surface area contributed by atoms with Crippen LogP contribution in [0.2, 0.25) is 0 Å². The van der Waals surface area contributed by atoms with Crippen molar-refractivity contribution >= 4 is 5.91 Å². The standard InChI is InChI=1S/C27H33N3O2/c1-18(2)19-8-10-20(11-9-19)24-28-25(32-29-24)22-7-6-16-30(17-22)26(31)21-12-14-23(15-13-21)27(3,4)5/h8-15,18,22H,6-7,16-17H2,1-5H3/t22-/m0/s1. The molecule has 2 aromatic carbocycles. The van der Waals surface area contributed by atoms with Crippen molar-refractivity contribution < 1.29 is 9.32 Å². The third-order valence-corrected chi connectivity index (χ3v) is 6.33. The predicted molar refractivity (Wildman–Crippen MR) is 127 cm³/mol. The van der Waals surface area contributed by atoms with Crippen molar-refractivity contribution in [1.82, 2.24) is 15.0 Å². The first-order valence-electron chi connectivity index (χ1n) is 11.6. The van der Waals surface area contributed by atoms with Gasteiger partial charge in [-0.15, -0.1) is 0 Å². The van der Waals surface area contributed by atoms with Crippen LogP contribution in [0.5, 0.6) is 0 Å². The van der Waals surface area contributed by atoms with Crippen molar-refractivity contribution in [3.63, 3.8) is 0 Å². The van der Waals surface area contributed by atoms with E-state index in [1.807, 2.05) is 29.2 Å². The van der Waals surface area contributed by atoms with Crippen LogP contribution < -0.4 is 0 Å². The fraction of sp³-hybridized carbons (Fsp3) is 0.444. The second-order valence-electron chi connectivity index (χ2n) is 10.2. The minimum atomic E-state index is 0.0673. The Balaban J connectivity index is 1.45. The maximum atomic E-state index is 13.1. The molecule has 0 saturated carbocycles. The molecule has 1 aromatic heterocycles. The van der Waals surface area contributed by atoms with Crippen LogP contribution in [0, 0.1) is 0 Å². The molecular formula is C27H33N3O2. The molecule has 1 aliphatic heterocycles. The zero-order valence-electron chi connectivity index (χ0n) is 19.8.